The van der Waals surface area contributed by atoms with Gasteiger partial charge in [0.2, 0.25) is 0 Å². The molecule has 0 radical (unpaired) electrons. The van der Waals surface area contributed by atoms with Gasteiger partial charge in [-0.2, -0.15) is 18.3 Å². The molecule has 0 aliphatic carbocycles. The van der Waals surface area contributed by atoms with Crippen LogP contribution in [0.3, 0.4) is 0 Å². The van der Waals surface area contributed by atoms with Crippen molar-refractivity contribution in [1.29, 1.82) is 0 Å². The lowest BCUT2D eigenvalue weighted by Crippen LogP contribution is -2.45. The molecule has 0 aliphatic rings. The number of hydrogen-bond acceptors (Lipinski definition) is 3. The molecule has 6 nitrogen and oxygen atoms in total. The zero-order valence-corrected chi connectivity index (χ0v) is 11.5. The molecular formula is C11H18F3N5O. The van der Waals surface area contributed by atoms with E-state index in [0.717, 1.165) is 5.56 Å². The number of aromatic nitrogens is 2. The van der Waals surface area contributed by atoms with Gasteiger partial charge in [0.05, 0.1) is 12.7 Å². The summed E-state index contributed by atoms with van der Waals surface area (Å²) in [7, 11) is 4.92. The number of aliphatic hydroxyl groups excluding tert-OH is 1. The molecule has 20 heavy (non-hydrogen) atoms. The second-order valence-corrected chi connectivity index (χ2v) is 4.36. The highest BCUT2D eigenvalue weighted by Crippen LogP contribution is 2.19. The zero-order chi connectivity index (χ0) is 15.3. The minimum absolute atomic E-state index is 0.261. The molecule has 1 aromatic rings. The minimum Gasteiger partial charge on any atom is -0.382 e. The van der Waals surface area contributed by atoms with Crippen molar-refractivity contribution in [2.75, 3.05) is 20.6 Å². The van der Waals surface area contributed by atoms with E-state index in [2.05, 4.69) is 15.4 Å². The van der Waals surface area contributed by atoms with Gasteiger partial charge in [0.1, 0.15) is 0 Å². The highest BCUT2D eigenvalue weighted by atomic mass is 19.4. The lowest BCUT2D eigenvalue weighted by molar-refractivity contribution is -0.201. The lowest BCUT2D eigenvalue weighted by Gasteiger charge is -2.23. The maximum absolute atomic E-state index is 12.2. The Kier molecular flexibility index (Phi) is 5.37. The molecule has 0 amide bonds. The van der Waals surface area contributed by atoms with Gasteiger partial charge >= 0.3 is 6.18 Å². The van der Waals surface area contributed by atoms with E-state index in [-0.39, 0.29) is 5.96 Å². The van der Waals surface area contributed by atoms with Gasteiger partial charge in [-0.05, 0) is 0 Å². The van der Waals surface area contributed by atoms with E-state index in [1.807, 2.05) is 0 Å². The smallest absolute Gasteiger partial charge is 0.382 e. The Morgan fingerprint density at radius 3 is 2.70 bits per heavy atom. The second-order valence-electron chi connectivity index (χ2n) is 4.36. The van der Waals surface area contributed by atoms with Gasteiger partial charge in [-0.25, -0.2) is 0 Å². The van der Waals surface area contributed by atoms with Gasteiger partial charge in [-0.15, -0.1) is 0 Å². The van der Waals surface area contributed by atoms with Crippen LogP contribution < -0.4 is 5.32 Å². The van der Waals surface area contributed by atoms with Crippen molar-refractivity contribution in [1.82, 2.24) is 20.0 Å². The predicted octanol–water partition coefficient (Wildman–Crippen LogP) is 0.350. The summed E-state index contributed by atoms with van der Waals surface area (Å²) in [6, 6.07) is 0. The Morgan fingerprint density at radius 2 is 2.25 bits per heavy atom. The fourth-order valence-electron chi connectivity index (χ4n) is 1.59. The van der Waals surface area contributed by atoms with E-state index in [0.29, 0.717) is 6.54 Å². The van der Waals surface area contributed by atoms with Gasteiger partial charge in [-0.3, -0.25) is 9.67 Å². The summed E-state index contributed by atoms with van der Waals surface area (Å²) in [5.74, 6) is 0.261. The van der Waals surface area contributed by atoms with E-state index >= 15 is 0 Å². The SMILES string of the molecule is CN=C(NCC(O)C(F)(F)F)N(C)Cc1cnn(C)c1. The largest absolute Gasteiger partial charge is 0.416 e. The zero-order valence-electron chi connectivity index (χ0n) is 11.5. The Labute approximate surface area is 114 Å². The summed E-state index contributed by atoms with van der Waals surface area (Å²) in [4.78, 5) is 5.51. The molecule has 114 valence electrons. The third kappa shape index (κ3) is 4.72. The van der Waals surface area contributed by atoms with Gasteiger partial charge in [0, 0.05) is 39.4 Å². The molecule has 0 spiro atoms. The van der Waals surface area contributed by atoms with Gasteiger partial charge in [0.15, 0.2) is 12.1 Å². The number of nitrogens with zero attached hydrogens (tertiary/aromatic N) is 4. The molecule has 0 saturated heterocycles. The molecule has 0 aromatic carbocycles. The van der Waals surface area contributed by atoms with E-state index < -0.39 is 18.8 Å². The number of aliphatic imine (C=N–C) groups is 1. The van der Waals surface area contributed by atoms with E-state index in [1.54, 1.807) is 36.1 Å². The predicted molar refractivity (Wildman–Crippen MR) is 68.1 cm³/mol. The topological polar surface area (TPSA) is 65.7 Å². The maximum Gasteiger partial charge on any atom is 0.416 e. The summed E-state index contributed by atoms with van der Waals surface area (Å²) in [5, 5.41) is 15.4. The quantitative estimate of drug-likeness (QED) is 0.621. The summed E-state index contributed by atoms with van der Waals surface area (Å²) in [5.41, 5.74) is 0.898. The fraction of sp³-hybridized carbons (Fsp3) is 0.636. The van der Waals surface area contributed by atoms with Crippen LogP contribution in [0.15, 0.2) is 17.4 Å². The Hall–Kier alpha value is -1.77. The highest BCUT2D eigenvalue weighted by Gasteiger charge is 2.38. The van der Waals surface area contributed by atoms with Gasteiger partial charge in [0.25, 0.3) is 0 Å². The molecule has 0 saturated carbocycles. The van der Waals surface area contributed by atoms with Crippen LogP contribution in [0, 0.1) is 0 Å². The average Bonchev–Trinajstić information content (AvgIpc) is 2.74. The third-order valence-electron chi connectivity index (χ3n) is 2.58. The van der Waals surface area contributed by atoms with Crippen molar-refractivity contribution in [3.63, 3.8) is 0 Å². The lowest BCUT2D eigenvalue weighted by atomic mass is 10.3. The molecule has 0 aliphatic heterocycles. The molecule has 1 heterocycles. The number of nitrogens with one attached hydrogen (secondary N) is 1. The van der Waals surface area contributed by atoms with Crippen LogP contribution in [0.25, 0.3) is 0 Å². The van der Waals surface area contributed by atoms with Crippen LogP contribution in [0.5, 0.6) is 0 Å². The number of aryl methyl sites for hydroxylation is 1. The van der Waals surface area contributed by atoms with Crippen LogP contribution in [-0.4, -0.2) is 58.7 Å². The van der Waals surface area contributed by atoms with Crippen LogP contribution in [0.4, 0.5) is 13.2 Å². The molecular weight excluding hydrogens is 275 g/mol. The summed E-state index contributed by atoms with van der Waals surface area (Å²) in [6.45, 7) is -0.205. The number of halogens is 3. The molecule has 1 rings (SSSR count). The van der Waals surface area contributed by atoms with Gasteiger partial charge in [-0.1, -0.05) is 0 Å². The van der Waals surface area contributed by atoms with Crippen molar-refractivity contribution in [2.24, 2.45) is 12.0 Å². The van der Waals surface area contributed by atoms with Crippen molar-refractivity contribution in [3.05, 3.63) is 18.0 Å². The monoisotopic (exact) mass is 293 g/mol. The maximum atomic E-state index is 12.2. The molecule has 9 heteroatoms. The first-order chi connectivity index (χ1) is 9.24. The third-order valence-corrected chi connectivity index (χ3v) is 2.58. The van der Waals surface area contributed by atoms with E-state index in [4.69, 9.17) is 5.11 Å². The Bertz CT molecular complexity index is 457. The second kappa shape index (κ2) is 6.60. The van der Waals surface area contributed by atoms with Crippen LogP contribution in [0.2, 0.25) is 0 Å². The van der Waals surface area contributed by atoms with Gasteiger partial charge < -0.3 is 15.3 Å². The molecule has 1 unspecified atom stereocenters. The van der Waals surface area contributed by atoms with Crippen molar-refractivity contribution < 1.29 is 18.3 Å². The summed E-state index contributed by atoms with van der Waals surface area (Å²) in [6.07, 6.45) is -3.61. The fourth-order valence-corrected chi connectivity index (χ4v) is 1.59. The first kappa shape index (κ1) is 16.3. The average molecular weight is 293 g/mol. The summed E-state index contributed by atoms with van der Waals surface area (Å²) < 4.78 is 38.2. The molecule has 1 atom stereocenters. The first-order valence-electron chi connectivity index (χ1n) is 5.88. The van der Waals surface area contributed by atoms with E-state index in [9.17, 15) is 13.2 Å². The number of alkyl halides is 3. The Balaban J connectivity index is 2.54. The number of hydrogen-bond donors (Lipinski definition) is 2. The molecule has 0 bridgehead atoms. The number of rotatable bonds is 4. The van der Waals surface area contributed by atoms with E-state index in [1.165, 1.54) is 7.05 Å². The standard InChI is InChI=1S/C11H18F3N5O/c1-15-10(16-5-9(20)11(12,13)14)18(2)6-8-4-17-19(3)7-8/h4,7,9,20H,5-6H2,1-3H3,(H,15,16). The van der Waals surface area contributed by atoms with Crippen molar-refractivity contribution >= 4 is 5.96 Å². The molecule has 2 N–H and O–H groups in total. The number of aliphatic hydroxyl groups is 1. The highest BCUT2D eigenvalue weighted by molar-refractivity contribution is 5.79. The van der Waals surface area contributed by atoms with Crippen LogP contribution >= 0.6 is 0 Å². The van der Waals surface area contributed by atoms with Crippen molar-refractivity contribution in [2.45, 2.75) is 18.8 Å². The Morgan fingerprint density at radius 1 is 1.60 bits per heavy atom. The first-order valence-corrected chi connectivity index (χ1v) is 5.88. The normalized spacial score (nSPS) is 14.2. The van der Waals surface area contributed by atoms with Crippen LogP contribution in [-0.2, 0) is 13.6 Å². The molecule has 1 aromatic heterocycles. The number of guanidine groups is 1. The molecule has 0 fully saturated rings. The summed E-state index contributed by atoms with van der Waals surface area (Å²) >= 11 is 0. The van der Waals surface area contributed by atoms with Crippen molar-refractivity contribution in [3.8, 4) is 0 Å². The minimum atomic E-state index is -4.65. The van der Waals surface area contributed by atoms with Crippen LogP contribution in [0.1, 0.15) is 5.56 Å².